The van der Waals surface area contributed by atoms with Gasteiger partial charge in [0.2, 0.25) is 0 Å². The van der Waals surface area contributed by atoms with Crippen molar-refractivity contribution < 1.29 is 5.11 Å². The highest BCUT2D eigenvalue weighted by Gasteiger charge is 2.33. The molecule has 0 bridgehead atoms. The summed E-state index contributed by atoms with van der Waals surface area (Å²) in [6.07, 6.45) is 8.37. The predicted octanol–water partition coefficient (Wildman–Crippen LogP) is 2.78. The van der Waals surface area contributed by atoms with Gasteiger partial charge >= 0.3 is 0 Å². The van der Waals surface area contributed by atoms with Crippen LogP contribution in [-0.2, 0) is 0 Å². The Balaban J connectivity index is 2.32. The average Bonchev–Trinajstić information content (AvgIpc) is 3.22. The van der Waals surface area contributed by atoms with Crippen LogP contribution in [0.1, 0.15) is 65.7 Å². The lowest BCUT2D eigenvalue weighted by molar-refractivity contribution is 0.136. The normalized spacial score (nSPS) is 18.8. The molecule has 1 fully saturated rings. The van der Waals surface area contributed by atoms with Gasteiger partial charge in [-0.05, 0) is 64.6 Å². The topological polar surface area (TPSA) is 35.5 Å². The first-order valence-corrected chi connectivity index (χ1v) is 8.30. The summed E-state index contributed by atoms with van der Waals surface area (Å²) in [6, 6.07) is 0.675. The van der Waals surface area contributed by atoms with Gasteiger partial charge in [0.05, 0.1) is 6.61 Å². The van der Waals surface area contributed by atoms with Crippen LogP contribution >= 0.6 is 0 Å². The third-order valence-corrected chi connectivity index (χ3v) is 4.28. The summed E-state index contributed by atoms with van der Waals surface area (Å²) in [5.41, 5.74) is -0.0226. The number of nitrogens with one attached hydrogen (secondary N) is 1. The Bertz CT molecular complexity index is 219. The van der Waals surface area contributed by atoms with Crippen LogP contribution in [0.15, 0.2) is 0 Å². The first kappa shape index (κ1) is 16.9. The van der Waals surface area contributed by atoms with Gasteiger partial charge in [-0.25, -0.2) is 0 Å². The van der Waals surface area contributed by atoms with Gasteiger partial charge in [-0.1, -0.05) is 20.8 Å². The summed E-state index contributed by atoms with van der Waals surface area (Å²) in [6.45, 7) is 10.6. The van der Waals surface area contributed by atoms with E-state index in [2.05, 4.69) is 31.0 Å². The molecular weight excluding hydrogens is 236 g/mol. The molecule has 0 aromatic heterocycles. The maximum absolute atomic E-state index is 9.75. The summed E-state index contributed by atoms with van der Waals surface area (Å²) in [7, 11) is 0. The Morgan fingerprint density at radius 2 is 1.74 bits per heavy atom. The number of aliphatic hydroxyl groups excluding tert-OH is 1. The molecule has 1 atom stereocenters. The minimum absolute atomic E-state index is 0.0226. The molecule has 0 amide bonds. The molecule has 3 heteroatoms. The molecule has 0 aromatic carbocycles. The average molecular weight is 270 g/mol. The van der Waals surface area contributed by atoms with Crippen molar-refractivity contribution in [2.24, 2.45) is 0 Å². The highest BCUT2D eigenvalue weighted by atomic mass is 16.3. The van der Waals surface area contributed by atoms with E-state index in [9.17, 15) is 5.11 Å². The Hall–Kier alpha value is -0.120. The highest BCUT2D eigenvalue weighted by Crippen LogP contribution is 2.26. The van der Waals surface area contributed by atoms with Gasteiger partial charge < -0.3 is 15.3 Å². The third kappa shape index (κ3) is 6.24. The van der Waals surface area contributed by atoms with Crippen molar-refractivity contribution >= 4 is 0 Å². The Morgan fingerprint density at radius 1 is 1.11 bits per heavy atom. The number of nitrogens with zero attached hydrogens (tertiary/aromatic N) is 1. The van der Waals surface area contributed by atoms with Gasteiger partial charge in [0.15, 0.2) is 0 Å². The van der Waals surface area contributed by atoms with E-state index in [0.29, 0.717) is 6.04 Å². The first-order chi connectivity index (χ1) is 9.19. The molecule has 114 valence electrons. The van der Waals surface area contributed by atoms with Crippen LogP contribution in [0.4, 0.5) is 0 Å². The van der Waals surface area contributed by atoms with Crippen LogP contribution in [0.5, 0.6) is 0 Å². The fraction of sp³-hybridized carbons (Fsp3) is 1.00. The second-order valence-electron chi connectivity index (χ2n) is 6.16. The van der Waals surface area contributed by atoms with E-state index in [4.69, 9.17) is 0 Å². The summed E-state index contributed by atoms with van der Waals surface area (Å²) < 4.78 is 0. The largest absolute Gasteiger partial charge is 0.394 e. The summed E-state index contributed by atoms with van der Waals surface area (Å²) >= 11 is 0. The van der Waals surface area contributed by atoms with E-state index < -0.39 is 0 Å². The molecule has 2 N–H and O–H groups in total. The molecule has 1 aliphatic carbocycles. The quantitative estimate of drug-likeness (QED) is 0.572. The lowest BCUT2D eigenvalue weighted by Crippen LogP contribution is -2.49. The zero-order valence-electron chi connectivity index (χ0n) is 13.2. The van der Waals surface area contributed by atoms with Crippen molar-refractivity contribution in [1.29, 1.82) is 0 Å². The molecule has 0 radical (unpaired) electrons. The number of hydrogen-bond donors (Lipinski definition) is 2. The number of hydrogen-bond acceptors (Lipinski definition) is 3. The fourth-order valence-electron chi connectivity index (χ4n) is 2.86. The van der Waals surface area contributed by atoms with E-state index in [-0.39, 0.29) is 12.1 Å². The Morgan fingerprint density at radius 3 is 2.16 bits per heavy atom. The highest BCUT2D eigenvalue weighted by molar-refractivity contribution is 4.94. The van der Waals surface area contributed by atoms with Crippen molar-refractivity contribution in [2.75, 3.05) is 26.2 Å². The molecule has 1 saturated carbocycles. The zero-order chi connectivity index (χ0) is 14.1. The van der Waals surface area contributed by atoms with Crippen LogP contribution in [0.3, 0.4) is 0 Å². The second-order valence-corrected chi connectivity index (χ2v) is 6.16. The second kappa shape index (κ2) is 8.93. The third-order valence-electron chi connectivity index (χ3n) is 4.28. The van der Waals surface area contributed by atoms with Crippen LogP contribution in [0.2, 0.25) is 0 Å². The minimum Gasteiger partial charge on any atom is -0.394 e. The van der Waals surface area contributed by atoms with Crippen molar-refractivity contribution in [3.8, 4) is 0 Å². The summed E-state index contributed by atoms with van der Waals surface area (Å²) in [4.78, 5) is 2.56. The van der Waals surface area contributed by atoms with Crippen LogP contribution in [0.25, 0.3) is 0 Å². The van der Waals surface area contributed by atoms with Gasteiger partial charge in [-0.15, -0.1) is 0 Å². The van der Waals surface area contributed by atoms with Gasteiger partial charge in [0.1, 0.15) is 0 Å². The molecule has 0 spiro atoms. The van der Waals surface area contributed by atoms with Crippen molar-refractivity contribution in [1.82, 2.24) is 10.2 Å². The first-order valence-electron chi connectivity index (χ1n) is 8.30. The maximum atomic E-state index is 9.75. The van der Waals surface area contributed by atoms with E-state index in [1.807, 2.05) is 0 Å². The lowest BCUT2D eigenvalue weighted by Gasteiger charge is -2.33. The van der Waals surface area contributed by atoms with E-state index in [1.165, 1.54) is 51.7 Å². The van der Waals surface area contributed by atoms with Gasteiger partial charge in [0, 0.05) is 11.6 Å². The monoisotopic (exact) mass is 270 g/mol. The molecule has 0 aliphatic heterocycles. The van der Waals surface area contributed by atoms with Gasteiger partial charge in [-0.2, -0.15) is 0 Å². The molecular formula is C16H34N2O. The molecule has 1 rings (SSSR count). The molecule has 3 nitrogen and oxygen atoms in total. The molecule has 0 saturated heterocycles. The SMILES string of the molecule is CCCN(CCC)CCCC(CC)(CO)NC1CC1. The van der Waals surface area contributed by atoms with Crippen LogP contribution < -0.4 is 5.32 Å². The Kier molecular flexibility index (Phi) is 7.96. The van der Waals surface area contributed by atoms with Crippen molar-refractivity contribution in [3.63, 3.8) is 0 Å². The van der Waals surface area contributed by atoms with E-state index in [1.54, 1.807) is 0 Å². The van der Waals surface area contributed by atoms with Crippen molar-refractivity contribution in [2.45, 2.75) is 77.3 Å². The van der Waals surface area contributed by atoms with E-state index >= 15 is 0 Å². The summed E-state index contributed by atoms with van der Waals surface area (Å²) in [5, 5.41) is 13.4. The Labute approximate surface area is 119 Å². The molecule has 1 unspecified atom stereocenters. The van der Waals surface area contributed by atoms with Crippen molar-refractivity contribution in [3.05, 3.63) is 0 Å². The number of rotatable bonds is 12. The fourth-order valence-corrected chi connectivity index (χ4v) is 2.86. The van der Waals surface area contributed by atoms with Crippen LogP contribution in [0, 0.1) is 0 Å². The molecule has 0 heterocycles. The van der Waals surface area contributed by atoms with Gasteiger partial charge in [0.25, 0.3) is 0 Å². The predicted molar refractivity (Wildman–Crippen MR) is 82.5 cm³/mol. The lowest BCUT2D eigenvalue weighted by atomic mass is 9.91. The minimum atomic E-state index is -0.0226. The molecule has 1 aliphatic rings. The molecule has 0 aromatic rings. The van der Waals surface area contributed by atoms with Crippen LogP contribution in [-0.4, -0.2) is 47.8 Å². The summed E-state index contributed by atoms with van der Waals surface area (Å²) in [5.74, 6) is 0. The van der Waals surface area contributed by atoms with E-state index in [0.717, 1.165) is 12.8 Å². The zero-order valence-corrected chi connectivity index (χ0v) is 13.2. The number of aliphatic hydroxyl groups is 1. The van der Waals surface area contributed by atoms with Gasteiger partial charge in [-0.3, -0.25) is 0 Å². The smallest absolute Gasteiger partial charge is 0.0613 e. The maximum Gasteiger partial charge on any atom is 0.0613 e. The molecule has 19 heavy (non-hydrogen) atoms. The standard InChI is InChI=1S/C16H34N2O/c1-4-11-18(12-5-2)13-7-10-16(6-3,14-19)17-15-8-9-15/h15,17,19H,4-14H2,1-3H3.